The summed E-state index contributed by atoms with van der Waals surface area (Å²) in [7, 11) is -1.23. The van der Waals surface area contributed by atoms with Crippen LogP contribution in [0, 0.1) is 6.92 Å². The molecule has 0 radical (unpaired) electrons. The highest BCUT2D eigenvalue weighted by Gasteiger charge is 2.24. The predicted octanol–water partition coefficient (Wildman–Crippen LogP) is 3.19. The van der Waals surface area contributed by atoms with Gasteiger partial charge < -0.3 is 10.1 Å². The van der Waals surface area contributed by atoms with Crippen LogP contribution >= 0.6 is 0 Å². The molecule has 7 nitrogen and oxygen atoms in total. The molecule has 1 N–H and O–H groups in total. The summed E-state index contributed by atoms with van der Waals surface area (Å²) in [6, 6.07) is 17.1. The van der Waals surface area contributed by atoms with E-state index in [2.05, 4.69) is 5.32 Å². The number of ether oxygens (including phenoxy) is 1. The molecule has 3 rings (SSSR count). The van der Waals surface area contributed by atoms with Crippen LogP contribution in [0.4, 0.5) is 5.69 Å². The third kappa shape index (κ3) is 4.34. The van der Waals surface area contributed by atoms with Crippen molar-refractivity contribution >= 4 is 38.4 Å². The van der Waals surface area contributed by atoms with Crippen LogP contribution in [0.15, 0.2) is 65.6 Å². The fraction of sp³-hybridized carbons (Fsp3) is 0.182. The molecule has 0 saturated carbocycles. The molecule has 0 bridgehead atoms. The van der Waals surface area contributed by atoms with Crippen LogP contribution in [0.2, 0.25) is 0 Å². The van der Waals surface area contributed by atoms with E-state index in [0.717, 1.165) is 15.1 Å². The second kappa shape index (κ2) is 8.64. The van der Waals surface area contributed by atoms with Crippen molar-refractivity contribution in [3.8, 4) is 0 Å². The predicted molar refractivity (Wildman–Crippen MR) is 115 cm³/mol. The summed E-state index contributed by atoms with van der Waals surface area (Å²) in [5.41, 5.74) is 1.28. The molecule has 0 aliphatic carbocycles. The summed E-state index contributed by atoms with van der Waals surface area (Å²) in [6.07, 6.45) is 0. The van der Waals surface area contributed by atoms with Crippen molar-refractivity contribution in [1.29, 1.82) is 0 Å². The lowest BCUT2D eigenvalue weighted by Crippen LogP contribution is -2.35. The van der Waals surface area contributed by atoms with Crippen LogP contribution in [0.3, 0.4) is 0 Å². The first-order valence-corrected chi connectivity index (χ1v) is 10.6. The number of anilines is 1. The molecule has 0 unspecified atom stereocenters. The monoisotopic (exact) mass is 426 g/mol. The minimum Gasteiger partial charge on any atom is -0.465 e. The molecule has 0 spiro atoms. The standard InChI is InChI=1S/C22H22N2O5S/c1-15-19(22(26)29-3)9-6-10-20(15)23-21(25)14-24(2)30(27,28)18-12-11-16-7-4-5-8-17(16)13-18/h4-13H,14H2,1-3H3,(H,23,25). The summed E-state index contributed by atoms with van der Waals surface area (Å²) in [5.74, 6) is -1.04. The Hall–Kier alpha value is -3.23. The lowest BCUT2D eigenvalue weighted by molar-refractivity contribution is -0.116. The van der Waals surface area contributed by atoms with Gasteiger partial charge in [0.15, 0.2) is 0 Å². The number of nitrogens with zero attached hydrogens (tertiary/aromatic N) is 1. The van der Waals surface area contributed by atoms with Crippen LogP contribution in [0.25, 0.3) is 10.8 Å². The van der Waals surface area contributed by atoms with Gasteiger partial charge >= 0.3 is 5.97 Å². The van der Waals surface area contributed by atoms with Crippen molar-refractivity contribution < 1.29 is 22.7 Å². The van der Waals surface area contributed by atoms with E-state index in [1.54, 1.807) is 37.3 Å². The summed E-state index contributed by atoms with van der Waals surface area (Å²) in [4.78, 5) is 24.4. The number of likely N-dealkylation sites (N-methyl/N-ethyl adjacent to an activating group) is 1. The van der Waals surface area contributed by atoms with Gasteiger partial charge in [0.25, 0.3) is 0 Å². The van der Waals surface area contributed by atoms with Gasteiger partial charge in [-0.15, -0.1) is 0 Å². The molecule has 0 aliphatic rings. The molecule has 1 amide bonds. The number of amides is 1. The van der Waals surface area contributed by atoms with Gasteiger partial charge in [-0.1, -0.05) is 36.4 Å². The summed E-state index contributed by atoms with van der Waals surface area (Å²) in [5, 5.41) is 4.39. The molecule has 3 aromatic rings. The lowest BCUT2D eigenvalue weighted by Gasteiger charge is -2.18. The number of rotatable bonds is 6. The Kier molecular flexibility index (Phi) is 6.19. The largest absolute Gasteiger partial charge is 0.465 e. The van der Waals surface area contributed by atoms with E-state index in [1.807, 2.05) is 24.3 Å². The van der Waals surface area contributed by atoms with Gasteiger partial charge in [-0.05, 0) is 47.5 Å². The van der Waals surface area contributed by atoms with E-state index in [1.165, 1.54) is 20.2 Å². The third-order valence-electron chi connectivity index (χ3n) is 4.81. The van der Waals surface area contributed by atoms with Crippen molar-refractivity contribution in [3.05, 3.63) is 71.8 Å². The fourth-order valence-corrected chi connectivity index (χ4v) is 4.25. The van der Waals surface area contributed by atoms with Crippen molar-refractivity contribution in [2.45, 2.75) is 11.8 Å². The third-order valence-corrected chi connectivity index (χ3v) is 6.61. The first-order chi connectivity index (χ1) is 14.2. The second-order valence-electron chi connectivity index (χ2n) is 6.79. The maximum atomic E-state index is 12.9. The fourth-order valence-electron chi connectivity index (χ4n) is 3.09. The Morgan fingerprint density at radius 3 is 2.40 bits per heavy atom. The van der Waals surface area contributed by atoms with E-state index in [0.29, 0.717) is 16.8 Å². The molecule has 30 heavy (non-hydrogen) atoms. The average molecular weight is 426 g/mol. The molecule has 3 aromatic carbocycles. The summed E-state index contributed by atoms with van der Waals surface area (Å²) >= 11 is 0. The van der Waals surface area contributed by atoms with E-state index in [9.17, 15) is 18.0 Å². The smallest absolute Gasteiger partial charge is 0.338 e. The molecule has 0 saturated heterocycles. The minimum atomic E-state index is -3.86. The molecule has 156 valence electrons. The van der Waals surface area contributed by atoms with Crippen molar-refractivity contribution in [2.75, 3.05) is 26.0 Å². The van der Waals surface area contributed by atoms with E-state index >= 15 is 0 Å². The number of carbonyl (C=O) groups excluding carboxylic acids is 2. The quantitative estimate of drug-likeness (QED) is 0.611. The van der Waals surface area contributed by atoms with Crippen molar-refractivity contribution in [1.82, 2.24) is 4.31 Å². The zero-order chi connectivity index (χ0) is 21.9. The highest BCUT2D eigenvalue weighted by atomic mass is 32.2. The first kappa shape index (κ1) is 21.5. The van der Waals surface area contributed by atoms with Crippen LogP contribution in [-0.4, -0.2) is 45.3 Å². The van der Waals surface area contributed by atoms with Crippen LogP contribution < -0.4 is 5.32 Å². The van der Waals surface area contributed by atoms with Gasteiger partial charge in [0, 0.05) is 12.7 Å². The molecule has 0 aromatic heterocycles. The number of hydrogen-bond donors (Lipinski definition) is 1. The second-order valence-corrected chi connectivity index (χ2v) is 8.83. The number of nitrogens with one attached hydrogen (secondary N) is 1. The van der Waals surface area contributed by atoms with Crippen LogP contribution in [0.1, 0.15) is 15.9 Å². The number of sulfonamides is 1. The number of methoxy groups -OCH3 is 1. The number of benzene rings is 3. The normalized spacial score (nSPS) is 11.5. The highest BCUT2D eigenvalue weighted by Crippen LogP contribution is 2.22. The van der Waals surface area contributed by atoms with E-state index < -0.39 is 21.9 Å². The van der Waals surface area contributed by atoms with Gasteiger partial charge in [-0.2, -0.15) is 4.31 Å². The average Bonchev–Trinajstić information content (AvgIpc) is 2.74. The summed E-state index contributed by atoms with van der Waals surface area (Å²) in [6.45, 7) is 1.30. The van der Waals surface area contributed by atoms with Gasteiger partial charge in [0.2, 0.25) is 15.9 Å². The number of fused-ring (bicyclic) bond motifs is 1. The Labute approximate surface area is 175 Å². The van der Waals surface area contributed by atoms with Gasteiger partial charge in [-0.25, -0.2) is 13.2 Å². The van der Waals surface area contributed by atoms with Crippen LogP contribution in [0.5, 0.6) is 0 Å². The number of esters is 1. The molecular formula is C22H22N2O5S. The molecule has 0 aliphatic heterocycles. The SMILES string of the molecule is COC(=O)c1cccc(NC(=O)CN(C)S(=O)(=O)c2ccc3ccccc3c2)c1C. The van der Waals surface area contributed by atoms with Gasteiger partial charge in [0.1, 0.15) is 0 Å². The van der Waals surface area contributed by atoms with E-state index in [-0.39, 0.29) is 11.4 Å². The Morgan fingerprint density at radius 1 is 1.00 bits per heavy atom. The van der Waals surface area contributed by atoms with Gasteiger partial charge in [0.05, 0.1) is 24.1 Å². The maximum absolute atomic E-state index is 12.9. The topological polar surface area (TPSA) is 92.8 Å². The number of hydrogen-bond acceptors (Lipinski definition) is 5. The molecular weight excluding hydrogens is 404 g/mol. The Balaban J connectivity index is 1.77. The zero-order valence-corrected chi connectivity index (χ0v) is 17.7. The van der Waals surface area contributed by atoms with Crippen molar-refractivity contribution in [3.63, 3.8) is 0 Å². The molecule has 0 heterocycles. The first-order valence-electron chi connectivity index (χ1n) is 9.17. The van der Waals surface area contributed by atoms with E-state index in [4.69, 9.17) is 4.74 Å². The van der Waals surface area contributed by atoms with Crippen LogP contribution in [-0.2, 0) is 19.6 Å². The highest BCUT2D eigenvalue weighted by molar-refractivity contribution is 7.89. The molecule has 8 heteroatoms. The van der Waals surface area contributed by atoms with Crippen molar-refractivity contribution in [2.24, 2.45) is 0 Å². The molecule has 0 fully saturated rings. The zero-order valence-electron chi connectivity index (χ0n) is 16.9. The van der Waals surface area contributed by atoms with Gasteiger partial charge in [-0.3, -0.25) is 4.79 Å². The summed E-state index contributed by atoms with van der Waals surface area (Å²) < 4.78 is 31.5. The number of carbonyl (C=O) groups is 2. The maximum Gasteiger partial charge on any atom is 0.338 e. The lowest BCUT2D eigenvalue weighted by atomic mass is 10.1. The Morgan fingerprint density at radius 2 is 1.70 bits per heavy atom. The Bertz CT molecular complexity index is 1220. The molecule has 0 atom stereocenters. The minimum absolute atomic E-state index is 0.111.